The maximum absolute atomic E-state index is 10.5. The quantitative estimate of drug-likeness (QED) is 0.609. The van der Waals surface area contributed by atoms with Crippen molar-refractivity contribution in [3.63, 3.8) is 0 Å². The van der Waals surface area contributed by atoms with Crippen molar-refractivity contribution in [1.82, 2.24) is 4.90 Å². The Hall–Kier alpha value is -1.46. The minimum absolute atomic E-state index is 0.0882. The second-order valence-electron chi connectivity index (χ2n) is 3.84. The van der Waals surface area contributed by atoms with Gasteiger partial charge in [-0.05, 0) is 26.1 Å². The molecule has 0 amide bonds. The van der Waals surface area contributed by atoms with Gasteiger partial charge >= 0.3 is 0 Å². The number of benzene rings is 1. The molecule has 1 N–H and O–H groups in total. The number of nitro benzene ring substituents is 1. The van der Waals surface area contributed by atoms with Gasteiger partial charge in [-0.3, -0.25) is 10.1 Å². The van der Waals surface area contributed by atoms with Crippen molar-refractivity contribution >= 4 is 5.69 Å². The monoisotopic (exact) mass is 224 g/mol. The standard InChI is InChI=1S/C11H16N2O3/c1-12(2)11(7-8-14)9-3-5-10(6-4-9)13(15)16/h3-6,11,14H,7-8H2,1-2H3. The Labute approximate surface area is 94.5 Å². The lowest BCUT2D eigenvalue weighted by molar-refractivity contribution is -0.384. The molecule has 0 radical (unpaired) electrons. The zero-order valence-corrected chi connectivity index (χ0v) is 9.46. The Morgan fingerprint density at radius 2 is 1.94 bits per heavy atom. The van der Waals surface area contributed by atoms with Crippen molar-refractivity contribution in [2.75, 3.05) is 20.7 Å². The van der Waals surface area contributed by atoms with Crippen LogP contribution in [-0.2, 0) is 0 Å². The fraction of sp³-hybridized carbons (Fsp3) is 0.455. The van der Waals surface area contributed by atoms with E-state index < -0.39 is 4.92 Å². The third kappa shape index (κ3) is 3.01. The van der Waals surface area contributed by atoms with Crippen LogP contribution >= 0.6 is 0 Å². The molecule has 16 heavy (non-hydrogen) atoms. The molecular weight excluding hydrogens is 208 g/mol. The fourth-order valence-corrected chi connectivity index (χ4v) is 1.66. The molecule has 0 spiro atoms. The van der Waals surface area contributed by atoms with E-state index in [1.54, 1.807) is 12.1 Å². The number of aliphatic hydroxyl groups excluding tert-OH is 1. The van der Waals surface area contributed by atoms with Gasteiger partial charge in [0, 0.05) is 24.8 Å². The Morgan fingerprint density at radius 3 is 2.31 bits per heavy atom. The second-order valence-corrected chi connectivity index (χ2v) is 3.84. The van der Waals surface area contributed by atoms with Crippen LogP contribution in [0.1, 0.15) is 18.0 Å². The van der Waals surface area contributed by atoms with Crippen LogP contribution in [0.15, 0.2) is 24.3 Å². The summed E-state index contributed by atoms with van der Waals surface area (Å²) in [5, 5.41) is 19.5. The predicted octanol–water partition coefficient (Wildman–Crippen LogP) is 1.58. The summed E-state index contributed by atoms with van der Waals surface area (Å²) in [6, 6.07) is 6.54. The Balaban J connectivity index is 2.89. The van der Waals surface area contributed by atoms with Crippen LogP contribution < -0.4 is 0 Å². The summed E-state index contributed by atoms with van der Waals surface area (Å²) in [4.78, 5) is 12.1. The second kappa shape index (κ2) is 5.58. The van der Waals surface area contributed by atoms with Crippen LogP contribution in [0.25, 0.3) is 0 Å². The summed E-state index contributed by atoms with van der Waals surface area (Å²) in [6.07, 6.45) is 0.616. The summed E-state index contributed by atoms with van der Waals surface area (Å²) in [5.41, 5.74) is 1.06. The molecule has 0 aliphatic carbocycles. The van der Waals surface area contributed by atoms with Gasteiger partial charge in [-0.15, -0.1) is 0 Å². The number of nitro groups is 1. The molecule has 0 aliphatic heterocycles. The third-order valence-corrected chi connectivity index (χ3v) is 2.51. The highest BCUT2D eigenvalue weighted by atomic mass is 16.6. The number of rotatable bonds is 5. The van der Waals surface area contributed by atoms with Gasteiger partial charge in [0.05, 0.1) is 4.92 Å². The maximum Gasteiger partial charge on any atom is 0.269 e. The molecule has 1 atom stereocenters. The molecule has 0 aliphatic rings. The number of nitrogens with zero attached hydrogens (tertiary/aromatic N) is 2. The number of non-ortho nitro benzene ring substituents is 1. The zero-order valence-electron chi connectivity index (χ0n) is 9.46. The van der Waals surface area contributed by atoms with E-state index in [9.17, 15) is 10.1 Å². The van der Waals surface area contributed by atoms with Crippen LogP contribution in [0.4, 0.5) is 5.69 Å². The Bertz CT molecular complexity index is 349. The van der Waals surface area contributed by atoms with Gasteiger partial charge < -0.3 is 10.0 Å². The van der Waals surface area contributed by atoms with Gasteiger partial charge in [0.15, 0.2) is 0 Å². The van der Waals surface area contributed by atoms with Crippen LogP contribution in [0.5, 0.6) is 0 Å². The van der Waals surface area contributed by atoms with Crippen LogP contribution in [-0.4, -0.2) is 35.6 Å². The molecular formula is C11H16N2O3. The van der Waals surface area contributed by atoms with Gasteiger partial charge in [0.2, 0.25) is 0 Å². The van der Waals surface area contributed by atoms with Crippen LogP contribution in [0.2, 0.25) is 0 Å². The maximum atomic E-state index is 10.5. The van der Waals surface area contributed by atoms with E-state index >= 15 is 0 Å². The van der Waals surface area contributed by atoms with E-state index in [2.05, 4.69) is 0 Å². The predicted molar refractivity (Wildman–Crippen MR) is 61.2 cm³/mol. The molecule has 0 fully saturated rings. The zero-order chi connectivity index (χ0) is 12.1. The SMILES string of the molecule is CN(C)C(CCO)c1ccc([N+](=O)[O-])cc1. The molecule has 0 aromatic heterocycles. The van der Waals surface area contributed by atoms with Crippen molar-refractivity contribution in [3.05, 3.63) is 39.9 Å². The smallest absolute Gasteiger partial charge is 0.269 e. The molecule has 1 aromatic carbocycles. The Kier molecular flexibility index (Phi) is 4.39. The molecule has 1 rings (SSSR count). The van der Waals surface area contributed by atoms with Gasteiger partial charge in [0.1, 0.15) is 0 Å². The van der Waals surface area contributed by atoms with Crippen molar-refractivity contribution in [1.29, 1.82) is 0 Å². The lowest BCUT2D eigenvalue weighted by atomic mass is 10.0. The fourth-order valence-electron chi connectivity index (χ4n) is 1.66. The largest absolute Gasteiger partial charge is 0.396 e. The molecule has 5 nitrogen and oxygen atoms in total. The first-order valence-electron chi connectivity index (χ1n) is 5.08. The van der Waals surface area contributed by atoms with E-state index in [0.717, 1.165) is 5.56 Å². The molecule has 0 saturated carbocycles. The summed E-state index contributed by atoms with van der Waals surface area (Å²) >= 11 is 0. The van der Waals surface area contributed by atoms with Crippen LogP contribution in [0, 0.1) is 10.1 Å². The first kappa shape index (κ1) is 12.6. The minimum atomic E-state index is -0.416. The Morgan fingerprint density at radius 1 is 1.38 bits per heavy atom. The lowest BCUT2D eigenvalue weighted by Gasteiger charge is -2.23. The molecule has 1 aromatic rings. The van der Waals surface area contributed by atoms with E-state index in [1.807, 2.05) is 19.0 Å². The van der Waals surface area contributed by atoms with Gasteiger partial charge in [0.25, 0.3) is 5.69 Å². The highest BCUT2D eigenvalue weighted by molar-refractivity contribution is 5.34. The topological polar surface area (TPSA) is 66.6 Å². The average molecular weight is 224 g/mol. The minimum Gasteiger partial charge on any atom is -0.396 e. The first-order valence-corrected chi connectivity index (χ1v) is 5.08. The van der Waals surface area contributed by atoms with Gasteiger partial charge in [-0.25, -0.2) is 0 Å². The van der Waals surface area contributed by atoms with E-state index in [-0.39, 0.29) is 18.3 Å². The first-order chi connectivity index (χ1) is 7.56. The summed E-state index contributed by atoms with van der Waals surface area (Å²) in [5.74, 6) is 0. The van der Waals surface area contributed by atoms with Gasteiger partial charge in [-0.2, -0.15) is 0 Å². The summed E-state index contributed by atoms with van der Waals surface area (Å²) in [6.45, 7) is 0.0971. The number of hydrogen-bond donors (Lipinski definition) is 1. The highest BCUT2D eigenvalue weighted by Gasteiger charge is 2.14. The molecule has 1 unspecified atom stereocenters. The number of hydrogen-bond acceptors (Lipinski definition) is 4. The van der Waals surface area contributed by atoms with E-state index in [4.69, 9.17) is 5.11 Å². The molecule has 0 heterocycles. The average Bonchev–Trinajstić information content (AvgIpc) is 2.25. The summed E-state index contributed by atoms with van der Waals surface area (Å²) < 4.78 is 0. The number of aliphatic hydroxyl groups is 1. The molecule has 0 saturated heterocycles. The van der Waals surface area contributed by atoms with Crippen molar-refractivity contribution in [2.24, 2.45) is 0 Å². The van der Waals surface area contributed by atoms with Crippen molar-refractivity contribution in [3.8, 4) is 0 Å². The lowest BCUT2D eigenvalue weighted by Crippen LogP contribution is -2.20. The third-order valence-electron chi connectivity index (χ3n) is 2.51. The molecule has 5 heteroatoms. The highest BCUT2D eigenvalue weighted by Crippen LogP contribution is 2.23. The normalized spacial score (nSPS) is 12.8. The van der Waals surface area contributed by atoms with Gasteiger partial charge in [-0.1, -0.05) is 12.1 Å². The summed E-state index contributed by atoms with van der Waals surface area (Å²) in [7, 11) is 3.84. The van der Waals surface area contributed by atoms with E-state index in [1.165, 1.54) is 12.1 Å². The van der Waals surface area contributed by atoms with Crippen molar-refractivity contribution in [2.45, 2.75) is 12.5 Å². The molecule has 88 valence electrons. The van der Waals surface area contributed by atoms with E-state index in [0.29, 0.717) is 6.42 Å². The van der Waals surface area contributed by atoms with Crippen molar-refractivity contribution < 1.29 is 10.0 Å². The molecule has 0 bridgehead atoms. The van der Waals surface area contributed by atoms with Crippen LogP contribution in [0.3, 0.4) is 0 Å².